The van der Waals surface area contributed by atoms with Crippen molar-refractivity contribution < 1.29 is 22.0 Å². The minimum absolute atomic E-state index is 0.0653. The molecule has 4 aromatic rings. The third kappa shape index (κ3) is 3.99. The second-order valence-electron chi connectivity index (χ2n) is 6.51. The van der Waals surface area contributed by atoms with Crippen molar-refractivity contribution in [2.24, 2.45) is 0 Å². The second-order valence-corrected chi connectivity index (χ2v) is 9.80. The molecular formula is C21H17FN2O4S2. The summed E-state index contributed by atoms with van der Waals surface area (Å²) >= 11 is 1.17. The molecule has 0 saturated heterocycles. The van der Waals surface area contributed by atoms with E-state index in [1.54, 1.807) is 31.2 Å². The van der Waals surface area contributed by atoms with Gasteiger partial charge in [0.05, 0.1) is 33.7 Å². The van der Waals surface area contributed by atoms with E-state index < -0.39 is 15.7 Å². The summed E-state index contributed by atoms with van der Waals surface area (Å²) in [4.78, 5) is 19.3. The molecule has 0 unspecified atom stereocenters. The molecular weight excluding hydrogens is 427 g/mol. The van der Waals surface area contributed by atoms with Gasteiger partial charge in [0, 0.05) is 5.56 Å². The van der Waals surface area contributed by atoms with Gasteiger partial charge in [0.1, 0.15) is 11.6 Å². The van der Waals surface area contributed by atoms with Gasteiger partial charge < -0.3 is 4.42 Å². The van der Waals surface area contributed by atoms with E-state index in [0.29, 0.717) is 21.1 Å². The number of nitrogens with zero attached hydrogens (tertiary/aromatic N) is 2. The number of aromatic nitrogens is 1. The number of anilines is 1. The minimum Gasteiger partial charge on any atom is -0.467 e. The Morgan fingerprint density at radius 1 is 1.17 bits per heavy atom. The number of hydrogen-bond acceptors (Lipinski definition) is 6. The lowest BCUT2D eigenvalue weighted by Gasteiger charge is -2.19. The van der Waals surface area contributed by atoms with Crippen LogP contribution in [0.25, 0.3) is 10.2 Å². The monoisotopic (exact) mass is 444 g/mol. The molecule has 6 nitrogen and oxygen atoms in total. The molecule has 0 aliphatic carbocycles. The van der Waals surface area contributed by atoms with Gasteiger partial charge in [-0.05, 0) is 48.5 Å². The van der Waals surface area contributed by atoms with Gasteiger partial charge in [0.2, 0.25) is 0 Å². The summed E-state index contributed by atoms with van der Waals surface area (Å²) in [6.07, 6.45) is 1.50. The van der Waals surface area contributed by atoms with Gasteiger partial charge in [-0.15, -0.1) is 0 Å². The number of benzene rings is 2. The molecule has 0 atom stereocenters. The number of fused-ring (bicyclic) bond motifs is 1. The molecule has 0 spiro atoms. The lowest BCUT2D eigenvalue weighted by atomic mass is 10.2. The quantitative estimate of drug-likeness (QED) is 0.432. The zero-order valence-corrected chi connectivity index (χ0v) is 17.5. The first-order chi connectivity index (χ1) is 14.4. The summed E-state index contributed by atoms with van der Waals surface area (Å²) in [5.74, 6) is -0.353. The van der Waals surface area contributed by atoms with Crippen molar-refractivity contribution in [3.63, 3.8) is 0 Å². The SMILES string of the molecule is CCS(=O)(=O)c1cccc(C(=O)N(Cc2ccco2)c2nc3ccc(F)cc3s2)c1. The molecule has 0 N–H and O–H groups in total. The molecule has 4 rings (SSSR count). The number of thiazole rings is 1. The number of furan rings is 1. The van der Waals surface area contributed by atoms with E-state index in [1.165, 1.54) is 52.8 Å². The van der Waals surface area contributed by atoms with Crippen molar-refractivity contribution in [2.45, 2.75) is 18.4 Å². The van der Waals surface area contributed by atoms with Crippen LogP contribution in [0.1, 0.15) is 23.0 Å². The van der Waals surface area contributed by atoms with Gasteiger partial charge in [-0.1, -0.05) is 24.3 Å². The molecule has 0 aliphatic rings. The Morgan fingerprint density at radius 3 is 2.73 bits per heavy atom. The van der Waals surface area contributed by atoms with Crippen LogP contribution in [0.3, 0.4) is 0 Å². The van der Waals surface area contributed by atoms with Crippen molar-refractivity contribution in [2.75, 3.05) is 10.7 Å². The van der Waals surface area contributed by atoms with E-state index in [9.17, 15) is 17.6 Å². The van der Waals surface area contributed by atoms with E-state index in [2.05, 4.69) is 4.98 Å². The van der Waals surface area contributed by atoms with E-state index in [0.717, 1.165) is 0 Å². The van der Waals surface area contributed by atoms with Crippen LogP contribution in [-0.4, -0.2) is 25.1 Å². The number of sulfone groups is 1. The smallest absolute Gasteiger partial charge is 0.260 e. The lowest BCUT2D eigenvalue weighted by Crippen LogP contribution is -2.30. The second kappa shape index (κ2) is 8.00. The van der Waals surface area contributed by atoms with Crippen molar-refractivity contribution in [1.82, 2.24) is 4.98 Å². The summed E-state index contributed by atoms with van der Waals surface area (Å²) in [6.45, 7) is 1.65. The van der Waals surface area contributed by atoms with Crippen LogP contribution < -0.4 is 4.90 Å². The van der Waals surface area contributed by atoms with E-state index in [4.69, 9.17) is 4.42 Å². The van der Waals surface area contributed by atoms with Crippen LogP contribution in [-0.2, 0) is 16.4 Å². The molecule has 154 valence electrons. The molecule has 2 aromatic carbocycles. The predicted molar refractivity (Wildman–Crippen MR) is 113 cm³/mol. The fourth-order valence-corrected chi connectivity index (χ4v) is 4.85. The number of hydrogen-bond donors (Lipinski definition) is 0. The maximum absolute atomic E-state index is 13.6. The molecule has 0 saturated carbocycles. The number of amides is 1. The number of halogens is 1. The molecule has 1 amide bonds. The largest absolute Gasteiger partial charge is 0.467 e. The third-order valence-corrected chi connectivity index (χ3v) is 7.30. The predicted octanol–water partition coefficient (Wildman–Crippen LogP) is 4.67. The normalized spacial score (nSPS) is 11.7. The first-order valence-electron chi connectivity index (χ1n) is 9.10. The zero-order valence-electron chi connectivity index (χ0n) is 15.9. The van der Waals surface area contributed by atoms with Crippen molar-refractivity contribution in [3.8, 4) is 0 Å². The molecule has 2 heterocycles. The van der Waals surface area contributed by atoms with Crippen LogP contribution in [0.4, 0.5) is 9.52 Å². The molecule has 2 aromatic heterocycles. The molecule has 30 heavy (non-hydrogen) atoms. The van der Waals surface area contributed by atoms with Crippen molar-refractivity contribution in [3.05, 3.63) is 78.0 Å². The Balaban J connectivity index is 1.77. The van der Waals surface area contributed by atoms with Gasteiger partial charge in [-0.3, -0.25) is 9.69 Å². The zero-order chi connectivity index (χ0) is 21.3. The van der Waals surface area contributed by atoms with E-state index >= 15 is 0 Å². The molecule has 0 fully saturated rings. The summed E-state index contributed by atoms with van der Waals surface area (Å²) < 4.78 is 44.1. The maximum atomic E-state index is 13.6. The maximum Gasteiger partial charge on any atom is 0.260 e. The lowest BCUT2D eigenvalue weighted by molar-refractivity contribution is 0.0983. The summed E-state index contributed by atoms with van der Waals surface area (Å²) in [6, 6.07) is 13.6. The Morgan fingerprint density at radius 2 is 2.00 bits per heavy atom. The first kappa shape index (κ1) is 20.2. The van der Waals surface area contributed by atoms with Crippen LogP contribution in [0.15, 0.2) is 70.2 Å². The molecule has 9 heteroatoms. The van der Waals surface area contributed by atoms with Crippen molar-refractivity contribution in [1.29, 1.82) is 0 Å². The highest BCUT2D eigenvalue weighted by atomic mass is 32.2. The third-order valence-electron chi connectivity index (χ3n) is 4.53. The van der Waals surface area contributed by atoms with E-state index in [-0.39, 0.29) is 28.6 Å². The summed E-state index contributed by atoms with van der Waals surface area (Å²) in [7, 11) is -3.46. The number of carbonyl (C=O) groups is 1. The molecule has 0 aliphatic heterocycles. The number of rotatable bonds is 6. The standard InChI is InChI=1S/C21H17FN2O4S2/c1-2-30(26,27)17-7-3-5-14(11-17)20(25)24(13-16-6-4-10-28-16)21-23-18-9-8-15(22)12-19(18)29-21/h3-12H,2,13H2,1H3. The highest BCUT2D eigenvalue weighted by molar-refractivity contribution is 7.91. The van der Waals surface area contributed by atoms with E-state index in [1.807, 2.05) is 0 Å². The Hall–Kier alpha value is -3.04. The van der Waals surface area contributed by atoms with Gasteiger partial charge >= 0.3 is 0 Å². The highest BCUT2D eigenvalue weighted by Crippen LogP contribution is 2.31. The molecule has 0 bridgehead atoms. The van der Waals surface area contributed by atoms with Gasteiger partial charge in [0.25, 0.3) is 5.91 Å². The van der Waals surface area contributed by atoms with Crippen LogP contribution in [0.2, 0.25) is 0 Å². The average molecular weight is 445 g/mol. The van der Waals surface area contributed by atoms with Crippen LogP contribution in [0, 0.1) is 5.82 Å². The summed E-state index contributed by atoms with van der Waals surface area (Å²) in [5, 5.41) is 0.362. The van der Waals surface area contributed by atoms with Crippen molar-refractivity contribution >= 4 is 42.4 Å². The van der Waals surface area contributed by atoms with Gasteiger partial charge in [-0.25, -0.2) is 17.8 Å². The van der Waals surface area contributed by atoms with Gasteiger partial charge in [0.15, 0.2) is 15.0 Å². The fraction of sp³-hybridized carbons (Fsp3) is 0.143. The van der Waals surface area contributed by atoms with Crippen LogP contribution >= 0.6 is 11.3 Å². The summed E-state index contributed by atoms with van der Waals surface area (Å²) in [5.41, 5.74) is 0.775. The topological polar surface area (TPSA) is 80.5 Å². The van der Waals surface area contributed by atoms with Gasteiger partial charge in [-0.2, -0.15) is 0 Å². The number of carbonyl (C=O) groups excluding carboxylic acids is 1. The minimum atomic E-state index is -3.46. The Kier molecular flexibility index (Phi) is 5.40. The Bertz CT molecular complexity index is 1310. The molecule has 0 radical (unpaired) electrons. The Labute approximate surface area is 176 Å². The van der Waals surface area contributed by atoms with Crippen LogP contribution in [0.5, 0.6) is 0 Å². The first-order valence-corrected chi connectivity index (χ1v) is 11.6. The average Bonchev–Trinajstić information content (AvgIpc) is 3.40. The highest BCUT2D eigenvalue weighted by Gasteiger charge is 2.24. The fourth-order valence-electron chi connectivity index (χ4n) is 2.93.